The topological polar surface area (TPSA) is 67.8 Å². The lowest BCUT2D eigenvalue weighted by Gasteiger charge is -2.14. The fraction of sp³-hybridized carbons (Fsp3) is 0.235. The van der Waals surface area contributed by atoms with Gasteiger partial charge in [0.05, 0.1) is 24.4 Å². The van der Waals surface area contributed by atoms with Crippen molar-refractivity contribution >= 4 is 34.8 Å². The quantitative estimate of drug-likeness (QED) is 0.721. The van der Waals surface area contributed by atoms with Crippen molar-refractivity contribution in [3.63, 3.8) is 0 Å². The highest BCUT2D eigenvalue weighted by atomic mass is 35.5. The van der Waals surface area contributed by atoms with Gasteiger partial charge in [-0.05, 0) is 36.8 Å². The van der Waals surface area contributed by atoms with E-state index in [9.17, 15) is 9.90 Å². The zero-order chi connectivity index (χ0) is 17.7. The van der Waals surface area contributed by atoms with Crippen molar-refractivity contribution < 1.29 is 19.4 Å². The molecule has 0 radical (unpaired) electrons. The number of phenols is 1. The highest BCUT2D eigenvalue weighted by Gasteiger charge is 2.17. The number of hydrogen-bond donors (Lipinski definition) is 2. The number of anilines is 1. The maximum absolute atomic E-state index is 12.4. The Hall–Kier alpha value is -2.11. The Morgan fingerprint density at radius 3 is 2.67 bits per heavy atom. The monoisotopic (exact) mass is 369 g/mol. The van der Waals surface area contributed by atoms with Crippen LogP contribution >= 0.6 is 23.2 Å². The lowest BCUT2D eigenvalue weighted by molar-refractivity contribution is 0.102. The third-order valence-electron chi connectivity index (χ3n) is 3.15. The van der Waals surface area contributed by atoms with E-state index in [0.717, 1.165) is 6.42 Å². The molecule has 0 aliphatic rings. The molecule has 1 amide bonds. The van der Waals surface area contributed by atoms with Crippen LogP contribution in [0, 0.1) is 0 Å². The van der Waals surface area contributed by atoms with E-state index in [-0.39, 0.29) is 22.0 Å². The first-order chi connectivity index (χ1) is 11.5. The zero-order valence-electron chi connectivity index (χ0n) is 13.2. The third-order valence-corrected chi connectivity index (χ3v) is 3.66. The Balaban J connectivity index is 2.29. The molecule has 128 valence electrons. The molecule has 0 aromatic heterocycles. The predicted molar refractivity (Wildman–Crippen MR) is 94.9 cm³/mol. The van der Waals surface area contributed by atoms with Crippen molar-refractivity contribution in [2.75, 3.05) is 19.0 Å². The Bertz CT molecular complexity index is 750. The fourth-order valence-electron chi connectivity index (χ4n) is 2.00. The summed E-state index contributed by atoms with van der Waals surface area (Å²) in [5.74, 6) is 0.197. The standard InChI is InChI=1S/C17H17Cl2NO4/c1-3-6-24-16-12(19)7-10(8-15(16)23-2)17(22)20-13-9-11(18)4-5-14(13)21/h4-5,7-9,21H,3,6H2,1-2H3,(H,20,22). The largest absolute Gasteiger partial charge is 0.506 e. The van der Waals surface area contributed by atoms with Crippen LogP contribution in [0.2, 0.25) is 10.0 Å². The summed E-state index contributed by atoms with van der Waals surface area (Å²) in [6, 6.07) is 7.37. The van der Waals surface area contributed by atoms with E-state index in [4.69, 9.17) is 32.7 Å². The smallest absolute Gasteiger partial charge is 0.255 e. The molecule has 0 saturated heterocycles. The highest BCUT2D eigenvalue weighted by Crippen LogP contribution is 2.37. The molecule has 2 N–H and O–H groups in total. The average Bonchev–Trinajstić information content (AvgIpc) is 2.56. The van der Waals surface area contributed by atoms with Crippen LogP contribution in [-0.2, 0) is 0 Å². The summed E-state index contributed by atoms with van der Waals surface area (Å²) in [6.07, 6.45) is 0.815. The molecule has 0 heterocycles. The molecule has 0 atom stereocenters. The number of aromatic hydroxyl groups is 1. The van der Waals surface area contributed by atoms with Crippen molar-refractivity contribution in [1.29, 1.82) is 0 Å². The highest BCUT2D eigenvalue weighted by molar-refractivity contribution is 6.33. The number of benzene rings is 2. The summed E-state index contributed by atoms with van der Waals surface area (Å²) < 4.78 is 10.8. The van der Waals surface area contributed by atoms with Crippen LogP contribution in [0.5, 0.6) is 17.2 Å². The van der Waals surface area contributed by atoms with Gasteiger partial charge in [-0.2, -0.15) is 0 Å². The lowest BCUT2D eigenvalue weighted by Crippen LogP contribution is -2.12. The van der Waals surface area contributed by atoms with Gasteiger partial charge in [-0.1, -0.05) is 30.1 Å². The fourth-order valence-corrected chi connectivity index (χ4v) is 2.44. The van der Waals surface area contributed by atoms with Gasteiger partial charge in [0, 0.05) is 10.6 Å². The molecule has 0 aliphatic carbocycles. The Labute approximate surface area is 150 Å². The first-order valence-corrected chi connectivity index (χ1v) is 8.02. The maximum Gasteiger partial charge on any atom is 0.255 e. The van der Waals surface area contributed by atoms with Crippen LogP contribution in [-0.4, -0.2) is 24.7 Å². The van der Waals surface area contributed by atoms with E-state index in [1.165, 1.54) is 37.4 Å². The Kier molecular flexibility index (Phi) is 6.17. The zero-order valence-corrected chi connectivity index (χ0v) is 14.7. The van der Waals surface area contributed by atoms with Crippen LogP contribution < -0.4 is 14.8 Å². The van der Waals surface area contributed by atoms with Gasteiger partial charge in [-0.3, -0.25) is 4.79 Å². The van der Waals surface area contributed by atoms with Crippen LogP contribution in [0.1, 0.15) is 23.7 Å². The van der Waals surface area contributed by atoms with Gasteiger partial charge in [-0.15, -0.1) is 0 Å². The summed E-state index contributed by atoms with van der Waals surface area (Å²) in [7, 11) is 1.47. The van der Waals surface area contributed by atoms with Crippen LogP contribution in [0.3, 0.4) is 0 Å². The van der Waals surface area contributed by atoms with E-state index in [1.54, 1.807) is 0 Å². The van der Waals surface area contributed by atoms with E-state index in [1.807, 2.05) is 6.92 Å². The molecule has 7 heteroatoms. The average molecular weight is 370 g/mol. The molecule has 0 unspecified atom stereocenters. The number of phenolic OH excluding ortho intramolecular Hbond substituents is 1. The summed E-state index contributed by atoms with van der Waals surface area (Å²) in [6.45, 7) is 2.46. The summed E-state index contributed by atoms with van der Waals surface area (Å²) in [4.78, 5) is 12.4. The molecule has 5 nitrogen and oxygen atoms in total. The molecular weight excluding hydrogens is 353 g/mol. The summed E-state index contributed by atoms with van der Waals surface area (Å²) in [5, 5.41) is 13.0. The van der Waals surface area contributed by atoms with Crippen molar-refractivity contribution in [1.82, 2.24) is 0 Å². The first-order valence-electron chi connectivity index (χ1n) is 7.26. The minimum atomic E-state index is -0.463. The second kappa shape index (κ2) is 8.13. The van der Waals surface area contributed by atoms with Crippen molar-refractivity contribution in [3.05, 3.63) is 45.9 Å². The molecule has 2 rings (SSSR count). The Morgan fingerprint density at radius 1 is 1.25 bits per heavy atom. The van der Waals surface area contributed by atoms with Crippen molar-refractivity contribution in [3.8, 4) is 17.2 Å². The Morgan fingerprint density at radius 2 is 2.00 bits per heavy atom. The van der Waals surface area contributed by atoms with Crippen LogP contribution in [0.25, 0.3) is 0 Å². The number of amides is 1. The number of nitrogens with one attached hydrogen (secondary N) is 1. The first kappa shape index (κ1) is 18.2. The van der Waals surface area contributed by atoms with Crippen molar-refractivity contribution in [2.45, 2.75) is 13.3 Å². The van der Waals surface area contributed by atoms with Gasteiger partial charge in [0.25, 0.3) is 5.91 Å². The number of rotatable bonds is 6. The minimum Gasteiger partial charge on any atom is -0.506 e. The molecule has 0 spiro atoms. The second-order valence-corrected chi connectivity index (χ2v) is 5.80. The van der Waals surface area contributed by atoms with Crippen LogP contribution in [0.15, 0.2) is 30.3 Å². The predicted octanol–water partition coefficient (Wildman–Crippen LogP) is 4.75. The van der Waals surface area contributed by atoms with Crippen LogP contribution in [0.4, 0.5) is 5.69 Å². The number of ether oxygens (including phenoxy) is 2. The van der Waals surface area contributed by atoms with E-state index in [0.29, 0.717) is 23.1 Å². The van der Waals surface area contributed by atoms with E-state index >= 15 is 0 Å². The molecule has 2 aromatic rings. The third kappa shape index (κ3) is 4.24. The van der Waals surface area contributed by atoms with Gasteiger partial charge in [0.2, 0.25) is 0 Å². The van der Waals surface area contributed by atoms with E-state index < -0.39 is 5.91 Å². The number of halogens is 2. The van der Waals surface area contributed by atoms with Crippen molar-refractivity contribution in [2.24, 2.45) is 0 Å². The molecule has 0 fully saturated rings. The molecule has 2 aromatic carbocycles. The van der Waals surface area contributed by atoms with Gasteiger partial charge in [0.15, 0.2) is 11.5 Å². The molecule has 24 heavy (non-hydrogen) atoms. The molecule has 0 bridgehead atoms. The SMILES string of the molecule is CCCOc1c(Cl)cc(C(=O)Nc2cc(Cl)ccc2O)cc1OC. The number of carbonyl (C=O) groups is 1. The van der Waals surface area contributed by atoms with E-state index in [2.05, 4.69) is 5.32 Å². The van der Waals surface area contributed by atoms with Gasteiger partial charge >= 0.3 is 0 Å². The number of methoxy groups -OCH3 is 1. The minimum absolute atomic E-state index is 0.0892. The summed E-state index contributed by atoms with van der Waals surface area (Å²) >= 11 is 12.1. The second-order valence-electron chi connectivity index (χ2n) is 4.95. The normalized spacial score (nSPS) is 10.3. The van der Waals surface area contributed by atoms with Gasteiger partial charge < -0.3 is 19.9 Å². The number of carbonyl (C=O) groups excluding carboxylic acids is 1. The molecule has 0 aliphatic heterocycles. The maximum atomic E-state index is 12.4. The molecule has 0 saturated carbocycles. The summed E-state index contributed by atoms with van der Waals surface area (Å²) in [5.41, 5.74) is 0.467. The lowest BCUT2D eigenvalue weighted by atomic mass is 10.1. The van der Waals surface area contributed by atoms with Gasteiger partial charge in [0.1, 0.15) is 5.75 Å². The number of hydrogen-bond acceptors (Lipinski definition) is 4. The van der Waals surface area contributed by atoms with Gasteiger partial charge in [-0.25, -0.2) is 0 Å². The molecular formula is C17H17Cl2NO4.